The van der Waals surface area contributed by atoms with Crippen molar-refractivity contribution >= 4 is 49.5 Å². The van der Waals surface area contributed by atoms with E-state index in [9.17, 15) is 18.0 Å². The number of nitrogens with zero attached hydrogens (tertiary/aromatic N) is 1. The molecule has 0 saturated heterocycles. The van der Waals surface area contributed by atoms with Crippen LogP contribution in [0.3, 0.4) is 0 Å². The molecule has 0 aliphatic heterocycles. The zero-order valence-electron chi connectivity index (χ0n) is 13.9. The molecule has 0 spiro atoms. The van der Waals surface area contributed by atoms with Crippen LogP contribution in [0.4, 0.5) is 0 Å². The van der Waals surface area contributed by atoms with Crippen LogP contribution in [-0.2, 0) is 21.9 Å². The fraction of sp³-hybridized carbons (Fsp3) is 0.250. The van der Waals surface area contributed by atoms with Gasteiger partial charge in [-0.05, 0) is 42.5 Å². The average molecular weight is 460 g/mol. The lowest BCUT2D eigenvalue weighted by molar-refractivity contribution is -0.119. The van der Waals surface area contributed by atoms with Crippen molar-refractivity contribution in [1.82, 2.24) is 9.29 Å². The molecular formula is C16H18BrN3O4S2. The summed E-state index contributed by atoms with van der Waals surface area (Å²) in [6, 6.07) is 8.93. The van der Waals surface area contributed by atoms with Crippen LogP contribution in [0.1, 0.15) is 23.3 Å². The number of thioether (sulfide) groups is 1. The first kappa shape index (κ1) is 20.5. The largest absolute Gasteiger partial charge is 0.364 e. The van der Waals surface area contributed by atoms with Gasteiger partial charge in [0, 0.05) is 29.0 Å². The number of halogens is 1. The molecule has 2 amide bonds. The molecule has 0 radical (unpaired) electrons. The number of carbonyl (C=O) groups is 2. The van der Waals surface area contributed by atoms with Gasteiger partial charge in [-0.1, -0.05) is 15.9 Å². The Morgan fingerprint density at radius 3 is 2.50 bits per heavy atom. The smallest absolute Gasteiger partial charge is 0.265 e. The second-order valence-corrected chi connectivity index (χ2v) is 9.24. The van der Waals surface area contributed by atoms with Crippen LogP contribution in [0.25, 0.3) is 0 Å². The van der Waals surface area contributed by atoms with Crippen LogP contribution < -0.4 is 10.5 Å². The van der Waals surface area contributed by atoms with Gasteiger partial charge in [-0.2, -0.15) is 0 Å². The Morgan fingerprint density at radius 2 is 1.92 bits per heavy atom. The molecule has 0 saturated carbocycles. The lowest BCUT2D eigenvalue weighted by atomic mass is 10.3. The molecule has 0 unspecified atom stereocenters. The summed E-state index contributed by atoms with van der Waals surface area (Å²) in [4.78, 5) is 24.0. The number of aryl methyl sites for hydroxylation is 1. The highest BCUT2D eigenvalue weighted by molar-refractivity contribution is 9.10. The van der Waals surface area contributed by atoms with E-state index in [1.807, 2.05) is 29.0 Å². The fourth-order valence-electron chi connectivity index (χ4n) is 2.14. The predicted molar refractivity (Wildman–Crippen MR) is 103 cm³/mol. The molecule has 0 fully saturated rings. The molecule has 26 heavy (non-hydrogen) atoms. The molecule has 140 valence electrons. The summed E-state index contributed by atoms with van der Waals surface area (Å²) in [6.45, 7) is 0. The Balaban J connectivity index is 1.85. The quantitative estimate of drug-likeness (QED) is 0.464. The number of hydrogen-bond acceptors (Lipinski definition) is 5. The zero-order valence-corrected chi connectivity index (χ0v) is 17.2. The van der Waals surface area contributed by atoms with Crippen molar-refractivity contribution in [2.75, 3.05) is 5.75 Å². The maximum atomic E-state index is 12.2. The molecule has 1 aromatic heterocycles. The van der Waals surface area contributed by atoms with Crippen LogP contribution in [0.2, 0.25) is 0 Å². The Kier molecular flexibility index (Phi) is 6.90. The Labute approximate surface area is 164 Å². The summed E-state index contributed by atoms with van der Waals surface area (Å²) in [5, 5.41) is 0. The average Bonchev–Trinajstić information content (AvgIpc) is 2.96. The van der Waals surface area contributed by atoms with Crippen LogP contribution in [0.15, 0.2) is 50.8 Å². The first-order valence-corrected chi connectivity index (χ1v) is 10.9. The van der Waals surface area contributed by atoms with Gasteiger partial charge in [-0.25, -0.2) is 13.1 Å². The number of benzene rings is 1. The number of nitrogens with one attached hydrogen (secondary N) is 1. The van der Waals surface area contributed by atoms with Crippen LogP contribution in [-0.4, -0.2) is 30.6 Å². The molecule has 10 heteroatoms. The zero-order chi connectivity index (χ0) is 19.3. The van der Waals surface area contributed by atoms with Gasteiger partial charge in [0.2, 0.25) is 5.91 Å². The van der Waals surface area contributed by atoms with E-state index in [0.717, 1.165) is 15.4 Å². The van der Waals surface area contributed by atoms with Crippen molar-refractivity contribution in [3.63, 3.8) is 0 Å². The number of rotatable bonds is 8. The van der Waals surface area contributed by atoms with E-state index in [2.05, 4.69) is 15.9 Å². The van der Waals surface area contributed by atoms with Gasteiger partial charge in [0.15, 0.2) is 0 Å². The highest BCUT2D eigenvalue weighted by atomic mass is 79.9. The van der Waals surface area contributed by atoms with Crippen LogP contribution in [0, 0.1) is 0 Å². The number of carbonyl (C=O) groups excluding carboxylic acids is 2. The highest BCUT2D eigenvalue weighted by Crippen LogP contribution is 2.21. The standard InChI is InChI=1S/C16H18BrN3O4S2/c1-20-10-13(9-14(20)16(18)22)26(23,24)19-15(21)3-2-8-25-12-6-4-11(17)5-7-12/h4-7,9-10H,2-3,8H2,1H3,(H2,18,22)(H,19,21). The third-order valence-corrected chi connectivity index (χ3v) is 6.39. The van der Waals surface area contributed by atoms with E-state index < -0.39 is 21.8 Å². The normalized spacial score (nSPS) is 11.3. The monoisotopic (exact) mass is 459 g/mol. The lowest BCUT2D eigenvalue weighted by Crippen LogP contribution is -2.30. The van der Waals surface area contributed by atoms with E-state index in [1.54, 1.807) is 11.8 Å². The summed E-state index contributed by atoms with van der Waals surface area (Å²) in [6.07, 6.45) is 1.85. The first-order chi connectivity index (χ1) is 12.2. The van der Waals surface area contributed by atoms with Crippen molar-refractivity contribution in [3.8, 4) is 0 Å². The van der Waals surface area contributed by atoms with E-state index in [-0.39, 0.29) is 17.0 Å². The molecule has 3 N–H and O–H groups in total. The van der Waals surface area contributed by atoms with Gasteiger partial charge < -0.3 is 10.3 Å². The van der Waals surface area contributed by atoms with Crippen LogP contribution in [0.5, 0.6) is 0 Å². The number of amides is 2. The molecule has 2 aromatic rings. The van der Waals surface area contributed by atoms with E-state index in [1.165, 1.54) is 17.8 Å². The summed E-state index contributed by atoms with van der Waals surface area (Å²) < 4.78 is 28.7. The number of hydrogen-bond donors (Lipinski definition) is 2. The third-order valence-electron chi connectivity index (χ3n) is 3.42. The van der Waals surface area contributed by atoms with E-state index in [4.69, 9.17) is 5.73 Å². The van der Waals surface area contributed by atoms with E-state index >= 15 is 0 Å². The van der Waals surface area contributed by atoms with Crippen molar-refractivity contribution in [1.29, 1.82) is 0 Å². The summed E-state index contributed by atoms with van der Waals surface area (Å²) in [5.41, 5.74) is 5.21. The van der Waals surface area contributed by atoms with Gasteiger partial charge in [0.05, 0.1) is 0 Å². The molecule has 2 rings (SSSR count). The minimum Gasteiger partial charge on any atom is -0.364 e. The van der Waals surface area contributed by atoms with Crippen LogP contribution >= 0.6 is 27.7 Å². The molecule has 0 aliphatic rings. The summed E-state index contributed by atoms with van der Waals surface area (Å²) in [7, 11) is -2.53. The van der Waals surface area contributed by atoms with Gasteiger partial charge in [0.25, 0.3) is 15.9 Å². The lowest BCUT2D eigenvalue weighted by Gasteiger charge is -2.05. The minimum absolute atomic E-state index is 0.0451. The number of nitrogens with two attached hydrogens (primary N) is 1. The molecule has 1 aromatic carbocycles. The summed E-state index contributed by atoms with van der Waals surface area (Å²) in [5.74, 6) is -0.650. The molecule has 1 heterocycles. The molecule has 0 atom stereocenters. The number of aromatic nitrogens is 1. The molecule has 7 nitrogen and oxygen atoms in total. The topological polar surface area (TPSA) is 111 Å². The maximum absolute atomic E-state index is 12.2. The maximum Gasteiger partial charge on any atom is 0.265 e. The Hall–Kier alpha value is -1.78. The van der Waals surface area contributed by atoms with Crippen molar-refractivity contribution in [2.24, 2.45) is 12.8 Å². The van der Waals surface area contributed by atoms with Crippen molar-refractivity contribution in [2.45, 2.75) is 22.6 Å². The highest BCUT2D eigenvalue weighted by Gasteiger charge is 2.21. The predicted octanol–water partition coefficient (Wildman–Crippen LogP) is 2.26. The van der Waals surface area contributed by atoms with Crippen molar-refractivity contribution < 1.29 is 18.0 Å². The molecule has 0 aliphatic carbocycles. The fourth-order valence-corrected chi connectivity index (χ4v) is 4.34. The van der Waals surface area contributed by atoms with Gasteiger partial charge in [-0.15, -0.1) is 11.8 Å². The third kappa shape index (κ3) is 5.61. The Morgan fingerprint density at radius 1 is 1.27 bits per heavy atom. The Bertz CT molecular complexity index is 908. The minimum atomic E-state index is -4.03. The number of primary amides is 1. The molecule has 0 bridgehead atoms. The van der Waals surface area contributed by atoms with Gasteiger partial charge in [-0.3, -0.25) is 9.59 Å². The SMILES string of the molecule is Cn1cc(S(=O)(=O)NC(=O)CCCSc2ccc(Br)cc2)cc1C(N)=O. The second-order valence-electron chi connectivity index (χ2n) is 5.47. The van der Waals surface area contributed by atoms with Gasteiger partial charge >= 0.3 is 0 Å². The summed E-state index contributed by atoms with van der Waals surface area (Å²) >= 11 is 4.95. The number of sulfonamides is 1. The van der Waals surface area contributed by atoms with Crippen molar-refractivity contribution in [3.05, 3.63) is 46.7 Å². The molecular weight excluding hydrogens is 442 g/mol. The van der Waals surface area contributed by atoms with E-state index in [0.29, 0.717) is 12.2 Å². The first-order valence-electron chi connectivity index (χ1n) is 7.59. The second kappa shape index (κ2) is 8.74. The van der Waals surface area contributed by atoms with Gasteiger partial charge in [0.1, 0.15) is 10.6 Å².